The lowest BCUT2D eigenvalue weighted by Gasteiger charge is -2.27. The summed E-state index contributed by atoms with van der Waals surface area (Å²) in [6, 6.07) is 0. The summed E-state index contributed by atoms with van der Waals surface area (Å²) in [5.74, 6) is 0.619. The summed E-state index contributed by atoms with van der Waals surface area (Å²) in [5, 5.41) is 21.1. The topological polar surface area (TPSA) is 78.6 Å². The number of likely N-dealkylation sites (N-methyl/N-ethyl adjacent to an activating group) is 1. The van der Waals surface area contributed by atoms with E-state index in [4.69, 9.17) is 0 Å². The molecular formula is C11H18N6O. The van der Waals surface area contributed by atoms with Crippen molar-refractivity contribution in [1.29, 1.82) is 0 Å². The molecule has 0 amide bonds. The number of rotatable bonds is 5. The van der Waals surface area contributed by atoms with Crippen molar-refractivity contribution in [2.75, 3.05) is 32.5 Å². The van der Waals surface area contributed by atoms with Crippen molar-refractivity contribution in [2.24, 2.45) is 0 Å². The molecule has 7 nitrogen and oxygen atoms in total. The Bertz CT molecular complexity index is 521. The van der Waals surface area contributed by atoms with Crippen LogP contribution in [0.3, 0.4) is 0 Å². The van der Waals surface area contributed by atoms with Crippen LogP contribution in [0.1, 0.15) is 6.92 Å². The highest BCUT2D eigenvalue weighted by Gasteiger charge is 2.21. The van der Waals surface area contributed by atoms with Crippen LogP contribution in [0.15, 0.2) is 18.7 Å². The molecule has 7 heteroatoms. The summed E-state index contributed by atoms with van der Waals surface area (Å²) in [5.41, 5.74) is -0.184. The summed E-state index contributed by atoms with van der Waals surface area (Å²) < 4.78 is 1.77. The van der Waals surface area contributed by atoms with Gasteiger partial charge in [0.05, 0.1) is 5.60 Å². The van der Waals surface area contributed by atoms with Gasteiger partial charge in [0.2, 0.25) is 5.65 Å². The highest BCUT2D eigenvalue weighted by molar-refractivity contribution is 5.61. The van der Waals surface area contributed by atoms with Gasteiger partial charge in [-0.2, -0.15) is 0 Å². The van der Waals surface area contributed by atoms with Crippen LogP contribution < -0.4 is 5.32 Å². The summed E-state index contributed by atoms with van der Waals surface area (Å²) in [6.07, 6.45) is 5.05. The molecule has 0 saturated carbocycles. The van der Waals surface area contributed by atoms with E-state index in [1.165, 1.54) is 0 Å². The van der Waals surface area contributed by atoms with Crippen LogP contribution in [0.2, 0.25) is 0 Å². The smallest absolute Gasteiger partial charge is 0.203 e. The summed E-state index contributed by atoms with van der Waals surface area (Å²) in [4.78, 5) is 6.14. The Hall–Kier alpha value is -1.73. The predicted octanol–water partition coefficient (Wildman–Crippen LogP) is -0.151. The van der Waals surface area contributed by atoms with Gasteiger partial charge in [-0.3, -0.25) is 4.40 Å². The maximum atomic E-state index is 10.2. The second-order valence-corrected chi connectivity index (χ2v) is 4.93. The second-order valence-electron chi connectivity index (χ2n) is 4.93. The molecular weight excluding hydrogens is 232 g/mol. The van der Waals surface area contributed by atoms with E-state index in [1.54, 1.807) is 30.0 Å². The van der Waals surface area contributed by atoms with Gasteiger partial charge >= 0.3 is 0 Å². The quantitative estimate of drug-likeness (QED) is 0.768. The SMILES string of the molecule is CN(C)CC(C)(O)CNc1nccn2cnnc12. The van der Waals surface area contributed by atoms with E-state index >= 15 is 0 Å². The third kappa shape index (κ3) is 2.93. The number of aliphatic hydroxyl groups is 1. The van der Waals surface area contributed by atoms with Crippen molar-refractivity contribution in [3.8, 4) is 0 Å². The van der Waals surface area contributed by atoms with Crippen LogP contribution >= 0.6 is 0 Å². The zero-order valence-electron chi connectivity index (χ0n) is 10.8. The first-order valence-corrected chi connectivity index (χ1v) is 5.73. The summed E-state index contributed by atoms with van der Waals surface area (Å²) >= 11 is 0. The lowest BCUT2D eigenvalue weighted by Crippen LogP contribution is -2.43. The van der Waals surface area contributed by atoms with Crippen LogP contribution in [0.5, 0.6) is 0 Å². The first-order valence-electron chi connectivity index (χ1n) is 5.73. The molecule has 18 heavy (non-hydrogen) atoms. The Morgan fingerprint density at radius 3 is 3.00 bits per heavy atom. The number of anilines is 1. The third-order valence-corrected chi connectivity index (χ3v) is 2.51. The van der Waals surface area contributed by atoms with Gasteiger partial charge in [0.25, 0.3) is 0 Å². The van der Waals surface area contributed by atoms with E-state index in [2.05, 4.69) is 20.5 Å². The van der Waals surface area contributed by atoms with Gasteiger partial charge in [0.15, 0.2) is 5.82 Å². The first kappa shape index (κ1) is 12.7. The normalized spacial score (nSPS) is 14.9. The molecule has 0 spiro atoms. The minimum absolute atomic E-state index is 0.394. The van der Waals surface area contributed by atoms with Gasteiger partial charge in [-0.25, -0.2) is 4.98 Å². The molecule has 0 saturated heterocycles. The Morgan fingerprint density at radius 2 is 2.28 bits per heavy atom. The van der Waals surface area contributed by atoms with Gasteiger partial charge in [-0.05, 0) is 21.0 Å². The van der Waals surface area contributed by atoms with Crippen molar-refractivity contribution in [1.82, 2.24) is 24.5 Å². The lowest BCUT2D eigenvalue weighted by molar-refractivity contribution is 0.0459. The fourth-order valence-corrected chi connectivity index (χ4v) is 1.89. The number of nitrogens with zero attached hydrogens (tertiary/aromatic N) is 5. The van der Waals surface area contributed by atoms with E-state index < -0.39 is 5.60 Å². The van der Waals surface area contributed by atoms with E-state index in [-0.39, 0.29) is 0 Å². The van der Waals surface area contributed by atoms with Gasteiger partial charge in [-0.1, -0.05) is 0 Å². The monoisotopic (exact) mass is 250 g/mol. The number of nitrogens with one attached hydrogen (secondary N) is 1. The molecule has 2 aromatic heterocycles. The Morgan fingerprint density at radius 1 is 1.50 bits per heavy atom. The second kappa shape index (κ2) is 4.87. The molecule has 1 atom stereocenters. The van der Waals surface area contributed by atoms with Crippen molar-refractivity contribution >= 4 is 11.5 Å². The molecule has 1 unspecified atom stereocenters. The largest absolute Gasteiger partial charge is 0.387 e. The number of aromatic nitrogens is 4. The zero-order valence-corrected chi connectivity index (χ0v) is 10.8. The third-order valence-electron chi connectivity index (χ3n) is 2.51. The molecule has 0 aliphatic carbocycles. The van der Waals surface area contributed by atoms with Crippen molar-refractivity contribution < 1.29 is 5.11 Å². The maximum absolute atomic E-state index is 10.2. The van der Waals surface area contributed by atoms with Crippen molar-refractivity contribution in [3.63, 3.8) is 0 Å². The van der Waals surface area contributed by atoms with E-state index in [0.717, 1.165) is 0 Å². The van der Waals surface area contributed by atoms with E-state index in [1.807, 2.05) is 19.0 Å². The van der Waals surface area contributed by atoms with Gasteiger partial charge in [0.1, 0.15) is 6.33 Å². The van der Waals surface area contributed by atoms with Gasteiger partial charge < -0.3 is 15.3 Å². The molecule has 0 aromatic carbocycles. The number of hydrogen-bond acceptors (Lipinski definition) is 6. The molecule has 0 bridgehead atoms. The van der Waals surface area contributed by atoms with E-state index in [0.29, 0.717) is 24.6 Å². The van der Waals surface area contributed by atoms with Crippen molar-refractivity contribution in [2.45, 2.75) is 12.5 Å². The van der Waals surface area contributed by atoms with Crippen LogP contribution in [0.25, 0.3) is 5.65 Å². The molecule has 0 aliphatic heterocycles. The minimum atomic E-state index is -0.835. The molecule has 0 fully saturated rings. The number of fused-ring (bicyclic) bond motifs is 1. The molecule has 98 valence electrons. The summed E-state index contributed by atoms with van der Waals surface area (Å²) in [7, 11) is 3.85. The Labute approximate surface area is 105 Å². The number of hydrogen-bond donors (Lipinski definition) is 2. The summed E-state index contributed by atoms with van der Waals surface area (Å²) in [6.45, 7) is 2.74. The first-order chi connectivity index (χ1) is 8.48. The van der Waals surface area contributed by atoms with Crippen LogP contribution in [-0.4, -0.2) is 62.4 Å². The van der Waals surface area contributed by atoms with Crippen LogP contribution in [-0.2, 0) is 0 Å². The average Bonchev–Trinajstić information content (AvgIpc) is 2.72. The molecule has 2 heterocycles. The zero-order chi connectivity index (χ0) is 13.2. The molecule has 0 aliphatic rings. The molecule has 2 rings (SSSR count). The van der Waals surface area contributed by atoms with Gasteiger partial charge in [0, 0.05) is 25.5 Å². The van der Waals surface area contributed by atoms with Crippen LogP contribution in [0.4, 0.5) is 5.82 Å². The highest BCUT2D eigenvalue weighted by Crippen LogP contribution is 2.12. The van der Waals surface area contributed by atoms with E-state index in [9.17, 15) is 5.11 Å². The molecule has 2 N–H and O–H groups in total. The lowest BCUT2D eigenvalue weighted by atomic mass is 10.1. The molecule has 2 aromatic rings. The molecule has 0 radical (unpaired) electrons. The standard InChI is InChI=1S/C11H18N6O/c1-11(18,7-16(2)3)6-13-9-10-15-14-8-17(10)5-4-12-9/h4-5,8,18H,6-7H2,1-3H3,(H,12,13). The predicted molar refractivity (Wildman–Crippen MR) is 68.4 cm³/mol. The fraction of sp³-hybridized carbons (Fsp3) is 0.545. The highest BCUT2D eigenvalue weighted by atomic mass is 16.3. The Kier molecular flexibility index (Phi) is 3.44. The van der Waals surface area contributed by atoms with Crippen molar-refractivity contribution in [3.05, 3.63) is 18.7 Å². The minimum Gasteiger partial charge on any atom is -0.387 e. The average molecular weight is 250 g/mol. The van der Waals surface area contributed by atoms with Gasteiger partial charge in [-0.15, -0.1) is 10.2 Å². The maximum Gasteiger partial charge on any atom is 0.203 e. The Balaban J connectivity index is 2.08. The van der Waals surface area contributed by atoms with Crippen LogP contribution in [0, 0.1) is 0 Å². The fourth-order valence-electron chi connectivity index (χ4n) is 1.89.